The number of rotatable bonds is 4. The molecule has 0 bridgehead atoms. The molecular formula is C20H24N4O3. The minimum absolute atomic E-state index is 0.0362. The number of hydrogen-bond donors (Lipinski definition) is 1. The largest absolute Gasteiger partial charge is 0.464 e. The summed E-state index contributed by atoms with van der Waals surface area (Å²) >= 11 is 0. The molecule has 3 aromatic rings. The van der Waals surface area contributed by atoms with Crippen molar-refractivity contribution in [1.82, 2.24) is 20.1 Å². The van der Waals surface area contributed by atoms with Crippen LogP contribution in [0.5, 0.6) is 0 Å². The van der Waals surface area contributed by atoms with E-state index in [2.05, 4.69) is 48.1 Å². The Bertz CT molecular complexity index is 946. The number of carbonyl (C=O) groups excluding carboxylic acids is 1. The third-order valence-electron chi connectivity index (χ3n) is 5.20. The molecule has 0 spiro atoms. The molecule has 2 aromatic heterocycles. The highest BCUT2D eigenvalue weighted by atomic mass is 16.5. The first kappa shape index (κ1) is 17.7. The van der Waals surface area contributed by atoms with Crippen molar-refractivity contribution in [2.45, 2.75) is 39.2 Å². The van der Waals surface area contributed by atoms with E-state index < -0.39 is 0 Å². The van der Waals surface area contributed by atoms with Crippen molar-refractivity contribution in [3.63, 3.8) is 0 Å². The number of aromatic amines is 1. The maximum absolute atomic E-state index is 13.1. The van der Waals surface area contributed by atoms with Gasteiger partial charge in [-0.15, -0.1) is 0 Å². The Kier molecular flexibility index (Phi) is 4.70. The minimum Gasteiger partial charge on any atom is -0.464 e. The van der Waals surface area contributed by atoms with Gasteiger partial charge in [-0.25, -0.2) is 4.98 Å². The number of aryl methyl sites for hydroxylation is 1. The fourth-order valence-electron chi connectivity index (χ4n) is 3.77. The number of H-pyrrole nitrogens is 1. The standard InChI is InChI=1S/C20H24N4O3/c1-12(2)15-8-16-14(9-27-18(16)6-13(15)3)7-19(25)24-4-5-26-10-17(24)20-21-11-22-23-20/h6,8-9,11-12,17H,4-5,7,10H2,1-3H3,(H,21,22,23). The van der Waals surface area contributed by atoms with E-state index in [1.54, 1.807) is 6.26 Å². The van der Waals surface area contributed by atoms with Crippen molar-refractivity contribution in [3.8, 4) is 0 Å². The molecule has 4 rings (SSSR count). The van der Waals surface area contributed by atoms with Crippen LogP contribution in [-0.4, -0.2) is 45.7 Å². The molecule has 1 N–H and O–H groups in total. The van der Waals surface area contributed by atoms with Crippen molar-refractivity contribution >= 4 is 16.9 Å². The van der Waals surface area contributed by atoms with Crippen molar-refractivity contribution in [3.05, 3.63) is 47.2 Å². The molecule has 1 amide bonds. The summed E-state index contributed by atoms with van der Waals surface area (Å²) in [6.07, 6.45) is 3.44. The van der Waals surface area contributed by atoms with E-state index in [0.717, 1.165) is 16.5 Å². The Morgan fingerprint density at radius 2 is 2.26 bits per heavy atom. The van der Waals surface area contributed by atoms with Crippen molar-refractivity contribution in [2.75, 3.05) is 19.8 Å². The molecule has 7 heteroatoms. The van der Waals surface area contributed by atoms with Gasteiger partial charge in [-0.1, -0.05) is 13.8 Å². The number of morpholine rings is 1. The van der Waals surface area contributed by atoms with E-state index in [1.807, 2.05) is 4.90 Å². The predicted molar refractivity (Wildman–Crippen MR) is 100 cm³/mol. The fourth-order valence-corrected chi connectivity index (χ4v) is 3.77. The van der Waals surface area contributed by atoms with Gasteiger partial charge in [-0.3, -0.25) is 9.89 Å². The molecule has 7 nitrogen and oxygen atoms in total. The van der Waals surface area contributed by atoms with Gasteiger partial charge in [0.1, 0.15) is 23.8 Å². The van der Waals surface area contributed by atoms with Gasteiger partial charge in [-0.2, -0.15) is 5.10 Å². The number of furan rings is 1. The van der Waals surface area contributed by atoms with Crippen LogP contribution in [0.1, 0.15) is 48.3 Å². The van der Waals surface area contributed by atoms with Crippen LogP contribution in [0.4, 0.5) is 0 Å². The first-order valence-electron chi connectivity index (χ1n) is 9.27. The Balaban J connectivity index is 1.61. The van der Waals surface area contributed by atoms with Gasteiger partial charge in [0.2, 0.25) is 5.91 Å². The molecule has 1 saturated heterocycles. The lowest BCUT2D eigenvalue weighted by molar-refractivity contribution is -0.139. The molecule has 3 heterocycles. The Hall–Kier alpha value is -2.67. The third kappa shape index (κ3) is 3.35. The summed E-state index contributed by atoms with van der Waals surface area (Å²) < 4.78 is 11.3. The summed E-state index contributed by atoms with van der Waals surface area (Å²) in [6, 6.07) is 3.99. The number of amides is 1. The summed E-state index contributed by atoms with van der Waals surface area (Å²) in [6.45, 7) is 7.93. The van der Waals surface area contributed by atoms with Crippen molar-refractivity contribution in [2.24, 2.45) is 0 Å². The number of hydrogen-bond acceptors (Lipinski definition) is 5. The molecule has 1 aliphatic rings. The normalized spacial score (nSPS) is 17.8. The monoisotopic (exact) mass is 368 g/mol. The van der Waals surface area contributed by atoms with Crippen LogP contribution in [-0.2, 0) is 16.0 Å². The number of benzene rings is 1. The van der Waals surface area contributed by atoms with Crippen LogP contribution in [0, 0.1) is 6.92 Å². The second-order valence-corrected chi connectivity index (χ2v) is 7.35. The van der Waals surface area contributed by atoms with E-state index in [0.29, 0.717) is 31.5 Å². The summed E-state index contributed by atoms with van der Waals surface area (Å²) in [4.78, 5) is 19.1. The third-order valence-corrected chi connectivity index (χ3v) is 5.20. The average Bonchev–Trinajstić information content (AvgIpc) is 3.31. The van der Waals surface area contributed by atoms with Gasteiger partial charge < -0.3 is 14.1 Å². The molecule has 1 aliphatic heterocycles. The van der Waals surface area contributed by atoms with E-state index >= 15 is 0 Å². The van der Waals surface area contributed by atoms with Crippen LogP contribution < -0.4 is 0 Å². The first-order chi connectivity index (χ1) is 13.0. The highest BCUT2D eigenvalue weighted by molar-refractivity contribution is 5.88. The van der Waals surface area contributed by atoms with Gasteiger partial charge in [-0.05, 0) is 36.1 Å². The zero-order valence-corrected chi connectivity index (χ0v) is 15.9. The van der Waals surface area contributed by atoms with Crippen LogP contribution in [0.15, 0.2) is 29.1 Å². The molecule has 1 unspecified atom stereocenters. The quantitative estimate of drug-likeness (QED) is 0.765. The zero-order chi connectivity index (χ0) is 19.0. The zero-order valence-electron chi connectivity index (χ0n) is 15.9. The van der Waals surface area contributed by atoms with Gasteiger partial charge in [0, 0.05) is 17.5 Å². The summed E-state index contributed by atoms with van der Waals surface area (Å²) in [5.74, 6) is 1.11. The van der Waals surface area contributed by atoms with Crippen LogP contribution in [0.3, 0.4) is 0 Å². The predicted octanol–water partition coefficient (Wildman–Crippen LogP) is 3.13. The number of aromatic nitrogens is 3. The molecule has 1 fully saturated rings. The molecule has 1 atom stereocenters. The molecular weight excluding hydrogens is 344 g/mol. The van der Waals surface area contributed by atoms with Crippen molar-refractivity contribution in [1.29, 1.82) is 0 Å². The topological polar surface area (TPSA) is 84.2 Å². The molecule has 1 aromatic carbocycles. The Labute approximate surface area is 157 Å². The average molecular weight is 368 g/mol. The Morgan fingerprint density at radius 1 is 1.41 bits per heavy atom. The SMILES string of the molecule is Cc1cc2occ(CC(=O)N3CCOCC3c3ncn[nH]3)c2cc1C(C)C. The maximum Gasteiger partial charge on any atom is 0.227 e. The van der Waals surface area contributed by atoms with E-state index in [4.69, 9.17) is 9.15 Å². The molecule has 0 radical (unpaired) electrons. The summed E-state index contributed by atoms with van der Waals surface area (Å²) in [7, 11) is 0. The lowest BCUT2D eigenvalue weighted by Gasteiger charge is -2.34. The van der Waals surface area contributed by atoms with Crippen LogP contribution >= 0.6 is 0 Å². The van der Waals surface area contributed by atoms with Gasteiger partial charge in [0.25, 0.3) is 0 Å². The lowest BCUT2D eigenvalue weighted by atomic mass is 9.95. The highest BCUT2D eigenvalue weighted by Crippen LogP contribution is 2.30. The second-order valence-electron chi connectivity index (χ2n) is 7.35. The highest BCUT2D eigenvalue weighted by Gasteiger charge is 2.31. The summed E-state index contributed by atoms with van der Waals surface area (Å²) in [5.41, 5.74) is 4.24. The number of fused-ring (bicyclic) bond motifs is 1. The molecule has 142 valence electrons. The fraction of sp³-hybridized carbons (Fsp3) is 0.450. The Morgan fingerprint density at radius 3 is 3.00 bits per heavy atom. The van der Waals surface area contributed by atoms with Gasteiger partial charge >= 0.3 is 0 Å². The molecule has 0 saturated carbocycles. The number of nitrogens with one attached hydrogen (secondary N) is 1. The van der Waals surface area contributed by atoms with E-state index in [9.17, 15) is 4.79 Å². The minimum atomic E-state index is -0.236. The van der Waals surface area contributed by atoms with Crippen LogP contribution in [0.2, 0.25) is 0 Å². The maximum atomic E-state index is 13.1. The van der Waals surface area contributed by atoms with Gasteiger partial charge in [0.05, 0.1) is 25.9 Å². The molecule has 0 aliphatic carbocycles. The summed E-state index contributed by atoms with van der Waals surface area (Å²) in [5, 5.41) is 7.77. The van der Waals surface area contributed by atoms with Crippen LogP contribution in [0.25, 0.3) is 11.0 Å². The smallest absolute Gasteiger partial charge is 0.227 e. The van der Waals surface area contributed by atoms with E-state index in [1.165, 1.54) is 17.5 Å². The first-order valence-corrected chi connectivity index (χ1v) is 9.27. The second kappa shape index (κ2) is 7.15. The van der Waals surface area contributed by atoms with Crippen molar-refractivity contribution < 1.29 is 13.9 Å². The molecule has 27 heavy (non-hydrogen) atoms. The lowest BCUT2D eigenvalue weighted by Crippen LogP contribution is -2.44. The van der Waals surface area contributed by atoms with Gasteiger partial charge in [0.15, 0.2) is 0 Å². The number of nitrogens with zero attached hydrogens (tertiary/aromatic N) is 3. The number of carbonyl (C=O) groups is 1. The van der Waals surface area contributed by atoms with E-state index in [-0.39, 0.29) is 18.4 Å². The number of ether oxygens (including phenoxy) is 1.